The third kappa shape index (κ3) is 5.67. The maximum atomic E-state index is 13.0. The summed E-state index contributed by atoms with van der Waals surface area (Å²) in [5.41, 5.74) is 2.03. The molecule has 0 fully saturated rings. The fraction of sp³-hybridized carbons (Fsp3) is 0.261. The van der Waals surface area contributed by atoms with Crippen molar-refractivity contribution in [3.63, 3.8) is 0 Å². The van der Waals surface area contributed by atoms with Crippen LogP contribution >= 0.6 is 11.3 Å². The van der Waals surface area contributed by atoms with Gasteiger partial charge in [-0.3, -0.25) is 9.59 Å². The number of amides is 2. The molecular weight excluding hydrogens is 417 g/mol. The molecule has 0 aliphatic carbocycles. The normalized spacial score (nSPS) is 12.9. The molecular formula is C23H22FN3O3S. The molecule has 2 amide bonds. The van der Waals surface area contributed by atoms with Crippen LogP contribution in [0.1, 0.15) is 28.8 Å². The number of ether oxygens (including phenoxy) is 1. The zero-order valence-corrected chi connectivity index (χ0v) is 17.7. The fourth-order valence-electron chi connectivity index (χ4n) is 3.37. The zero-order chi connectivity index (χ0) is 21.6. The second-order valence-corrected chi connectivity index (χ2v) is 8.27. The summed E-state index contributed by atoms with van der Waals surface area (Å²) in [6.07, 6.45) is 2.81. The minimum absolute atomic E-state index is 0.00546. The fourth-order valence-corrected chi connectivity index (χ4v) is 4.26. The van der Waals surface area contributed by atoms with Gasteiger partial charge in [0.1, 0.15) is 11.6 Å². The van der Waals surface area contributed by atoms with Crippen LogP contribution in [0.2, 0.25) is 0 Å². The molecule has 1 aromatic carbocycles. The SMILES string of the molecule is O=C(CCC(=O)N1CCc2sccc2C1)NCc1ccnc(Oc2ccc(F)cc2)c1. The van der Waals surface area contributed by atoms with Gasteiger partial charge in [-0.05, 0) is 59.3 Å². The van der Waals surface area contributed by atoms with Crippen LogP contribution in [0.5, 0.6) is 11.6 Å². The van der Waals surface area contributed by atoms with E-state index in [4.69, 9.17) is 4.74 Å². The van der Waals surface area contributed by atoms with E-state index in [2.05, 4.69) is 21.7 Å². The summed E-state index contributed by atoms with van der Waals surface area (Å²) < 4.78 is 18.6. The molecule has 0 saturated carbocycles. The Morgan fingerprint density at radius 1 is 1.16 bits per heavy atom. The summed E-state index contributed by atoms with van der Waals surface area (Å²) in [4.78, 5) is 32.0. The minimum Gasteiger partial charge on any atom is -0.439 e. The first-order valence-electron chi connectivity index (χ1n) is 10.0. The Morgan fingerprint density at radius 3 is 2.84 bits per heavy atom. The number of carbonyl (C=O) groups excluding carboxylic acids is 2. The van der Waals surface area contributed by atoms with Gasteiger partial charge in [-0.1, -0.05) is 0 Å². The molecule has 8 heteroatoms. The van der Waals surface area contributed by atoms with E-state index in [-0.39, 0.29) is 30.5 Å². The smallest absolute Gasteiger partial charge is 0.223 e. The third-order valence-electron chi connectivity index (χ3n) is 5.05. The molecule has 3 heterocycles. The van der Waals surface area contributed by atoms with Crippen LogP contribution < -0.4 is 10.1 Å². The summed E-state index contributed by atoms with van der Waals surface area (Å²) in [5, 5.41) is 4.88. The first kappa shape index (κ1) is 21.0. The van der Waals surface area contributed by atoms with Gasteiger partial charge in [0.15, 0.2) is 0 Å². The Labute approximate surface area is 183 Å². The summed E-state index contributed by atoms with van der Waals surface area (Å²) in [6.45, 7) is 1.65. The van der Waals surface area contributed by atoms with Crippen LogP contribution in [-0.2, 0) is 29.1 Å². The number of thiophene rings is 1. The van der Waals surface area contributed by atoms with Gasteiger partial charge in [0.25, 0.3) is 0 Å². The molecule has 0 bridgehead atoms. The van der Waals surface area contributed by atoms with Crippen molar-refractivity contribution >= 4 is 23.2 Å². The van der Waals surface area contributed by atoms with Crippen molar-refractivity contribution in [3.05, 3.63) is 75.9 Å². The van der Waals surface area contributed by atoms with Crippen molar-refractivity contribution in [2.75, 3.05) is 6.54 Å². The molecule has 2 aromatic heterocycles. The second kappa shape index (κ2) is 9.70. The number of aromatic nitrogens is 1. The van der Waals surface area contributed by atoms with E-state index < -0.39 is 0 Å². The highest BCUT2D eigenvalue weighted by atomic mass is 32.1. The van der Waals surface area contributed by atoms with Crippen LogP contribution in [0.3, 0.4) is 0 Å². The van der Waals surface area contributed by atoms with Gasteiger partial charge in [0.05, 0.1) is 0 Å². The third-order valence-corrected chi connectivity index (χ3v) is 6.07. The van der Waals surface area contributed by atoms with E-state index in [1.54, 1.807) is 29.7 Å². The highest BCUT2D eigenvalue weighted by Gasteiger charge is 2.21. The Morgan fingerprint density at radius 2 is 2.00 bits per heavy atom. The molecule has 3 aromatic rings. The summed E-state index contributed by atoms with van der Waals surface area (Å²) >= 11 is 1.73. The van der Waals surface area contributed by atoms with Crippen molar-refractivity contribution in [2.45, 2.75) is 32.4 Å². The summed E-state index contributed by atoms with van der Waals surface area (Å²) in [6, 6.07) is 11.2. The van der Waals surface area contributed by atoms with Crippen molar-refractivity contribution < 1.29 is 18.7 Å². The molecule has 0 atom stereocenters. The van der Waals surface area contributed by atoms with Gasteiger partial charge in [0.2, 0.25) is 17.7 Å². The predicted octanol–water partition coefficient (Wildman–Crippen LogP) is 4.06. The van der Waals surface area contributed by atoms with Gasteiger partial charge in [-0.15, -0.1) is 11.3 Å². The lowest BCUT2D eigenvalue weighted by atomic mass is 10.1. The molecule has 0 spiro atoms. The van der Waals surface area contributed by atoms with E-state index in [1.807, 2.05) is 4.90 Å². The number of nitrogens with zero attached hydrogens (tertiary/aromatic N) is 2. The van der Waals surface area contributed by atoms with Crippen molar-refractivity contribution in [1.29, 1.82) is 0 Å². The van der Waals surface area contributed by atoms with Gasteiger partial charge >= 0.3 is 0 Å². The highest BCUT2D eigenvalue weighted by molar-refractivity contribution is 7.10. The molecule has 0 radical (unpaired) electrons. The Bertz CT molecular complexity index is 1070. The first-order chi connectivity index (χ1) is 15.1. The summed E-state index contributed by atoms with van der Waals surface area (Å²) in [7, 11) is 0. The van der Waals surface area contributed by atoms with Crippen LogP contribution in [0, 0.1) is 5.82 Å². The standard InChI is InChI=1S/C23H22FN3O3S/c24-18-1-3-19(4-2-18)30-22-13-16(7-10-25-22)14-26-21(28)5-6-23(29)27-11-8-20-17(15-27)9-12-31-20/h1-4,7,9-10,12-13H,5-6,8,11,14-15H2,(H,26,28). The topological polar surface area (TPSA) is 71.5 Å². The molecule has 0 unspecified atom stereocenters. The molecule has 0 saturated heterocycles. The number of halogens is 1. The molecule has 1 N–H and O–H groups in total. The predicted molar refractivity (Wildman–Crippen MR) is 115 cm³/mol. The van der Waals surface area contributed by atoms with Crippen LogP contribution in [0.15, 0.2) is 54.0 Å². The molecule has 6 nitrogen and oxygen atoms in total. The van der Waals surface area contributed by atoms with Gasteiger partial charge < -0.3 is 15.0 Å². The number of hydrogen-bond donors (Lipinski definition) is 1. The van der Waals surface area contributed by atoms with E-state index in [9.17, 15) is 14.0 Å². The lowest BCUT2D eigenvalue weighted by Crippen LogP contribution is -2.36. The lowest BCUT2D eigenvalue weighted by molar-refractivity contribution is -0.134. The Kier molecular flexibility index (Phi) is 6.57. The highest BCUT2D eigenvalue weighted by Crippen LogP contribution is 2.24. The largest absolute Gasteiger partial charge is 0.439 e. The zero-order valence-electron chi connectivity index (χ0n) is 16.8. The molecule has 31 heavy (non-hydrogen) atoms. The van der Waals surface area contributed by atoms with Crippen LogP contribution in [0.4, 0.5) is 4.39 Å². The second-order valence-electron chi connectivity index (χ2n) is 7.27. The number of carbonyl (C=O) groups is 2. The van der Waals surface area contributed by atoms with Crippen LogP contribution in [0.25, 0.3) is 0 Å². The van der Waals surface area contributed by atoms with Gasteiger partial charge in [-0.25, -0.2) is 9.37 Å². The summed E-state index contributed by atoms with van der Waals surface area (Å²) in [5.74, 6) is 0.310. The van der Waals surface area contributed by atoms with Crippen molar-refractivity contribution in [3.8, 4) is 11.6 Å². The number of rotatable bonds is 7. The average molecular weight is 440 g/mol. The van der Waals surface area contributed by atoms with Crippen molar-refractivity contribution in [2.24, 2.45) is 0 Å². The van der Waals surface area contributed by atoms with E-state index in [1.165, 1.54) is 34.7 Å². The Balaban J connectivity index is 1.22. The Hall–Kier alpha value is -3.26. The number of fused-ring (bicyclic) bond motifs is 1. The number of hydrogen-bond acceptors (Lipinski definition) is 5. The van der Waals surface area contributed by atoms with Crippen LogP contribution in [-0.4, -0.2) is 28.2 Å². The maximum Gasteiger partial charge on any atom is 0.223 e. The minimum atomic E-state index is -0.341. The van der Waals surface area contributed by atoms with Gasteiger partial charge in [0, 0.05) is 49.6 Å². The first-order valence-corrected chi connectivity index (χ1v) is 10.9. The molecule has 160 valence electrons. The van der Waals surface area contributed by atoms with Gasteiger partial charge in [-0.2, -0.15) is 0 Å². The molecule has 1 aliphatic rings. The number of pyridine rings is 1. The van der Waals surface area contributed by atoms with Crippen molar-refractivity contribution in [1.82, 2.24) is 15.2 Å². The lowest BCUT2D eigenvalue weighted by Gasteiger charge is -2.27. The molecule has 4 rings (SSSR count). The monoisotopic (exact) mass is 439 g/mol. The number of benzene rings is 1. The number of nitrogens with one attached hydrogen (secondary N) is 1. The molecule has 1 aliphatic heterocycles. The maximum absolute atomic E-state index is 13.0. The van der Waals surface area contributed by atoms with E-state index in [0.29, 0.717) is 31.3 Å². The average Bonchev–Trinajstić information content (AvgIpc) is 3.26. The quantitative estimate of drug-likeness (QED) is 0.603. The van der Waals surface area contributed by atoms with E-state index in [0.717, 1.165) is 12.0 Å². The van der Waals surface area contributed by atoms with E-state index >= 15 is 0 Å².